The summed E-state index contributed by atoms with van der Waals surface area (Å²) in [6.45, 7) is 5.85. The predicted octanol–water partition coefficient (Wildman–Crippen LogP) is 5.35. The molecular weight excluding hydrogens is 453 g/mol. The zero-order valence-corrected chi connectivity index (χ0v) is 21.1. The van der Waals surface area contributed by atoms with Gasteiger partial charge in [-0.1, -0.05) is 18.2 Å². The Morgan fingerprint density at radius 2 is 1.70 bits per heavy atom. The van der Waals surface area contributed by atoms with Gasteiger partial charge in [-0.05, 0) is 92.0 Å². The van der Waals surface area contributed by atoms with E-state index < -0.39 is 0 Å². The van der Waals surface area contributed by atoms with Crippen molar-refractivity contribution in [2.75, 3.05) is 20.1 Å². The van der Waals surface area contributed by atoms with Gasteiger partial charge in [-0.2, -0.15) is 0 Å². The number of hydrogen-bond acceptors (Lipinski definition) is 5. The molecule has 0 fully saturated rings. The molecule has 0 radical (unpaired) electrons. The van der Waals surface area contributed by atoms with Gasteiger partial charge in [0.2, 0.25) is 5.91 Å². The molecule has 2 aromatic heterocycles. The number of benzene rings is 1. The quantitative estimate of drug-likeness (QED) is 0.385. The molecular formula is C26H32FN3OS2. The van der Waals surface area contributed by atoms with E-state index in [-0.39, 0.29) is 17.8 Å². The van der Waals surface area contributed by atoms with Crippen molar-refractivity contribution in [1.29, 1.82) is 0 Å². The zero-order valence-electron chi connectivity index (χ0n) is 19.4. The van der Waals surface area contributed by atoms with Crippen LogP contribution in [0.4, 0.5) is 4.39 Å². The second-order valence-corrected chi connectivity index (χ2v) is 10.0. The molecule has 0 saturated carbocycles. The molecule has 0 saturated heterocycles. The van der Waals surface area contributed by atoms with Crippen LogP contribution in [0.1, 0.15) is 39.3 Å². The van der Waals surface area contributed by atoms with Gasteiger partial charge in [0.15, 0.2) is 0 Å². The monoisotopic (exact) mass is 485 g/mol. The molecule has 0 aliphatic rings. The third-order valence-electron chi connectivity index (χ3n) is 5.70. The molecule has 1 atom stereocenters. The van der Waals surface area contributed by atoms with E-state index >= 15 is 0 Å². The molecule has 4 nitrogen and oxygen atoms in total. The molecule has 33 heavy (non-hydrogen) atoms. The van der Waals surface area contributed by atoms with Crippen LogP contribution in [0.15, 0.2) is 53.2 Å². The van der Waals surface area contributed by atoms with Crippen LogP contribution >= 0.6 is 22.7 Å². The largest absolute Gasteiger partial charge is 0.351 e. The molecule has 7 heteroatoms. The van der Waals surface area contributed by atoms with Crippen LogP contribution in [-0.2, 0) is 11.3 Å². The minimum absolute atomic E-state index is 0.0559. The van der Waals surface area contributed by atoms with Crippen LogP contribution in [-0.4, -0.2) is 37.0 Å². The Kier molecular flexibility index (Phi) is 9.38. The number of halogens is 1. The molecule has 1 aromatic carbocycles. The van der Waals surface area contributed by atoms with Gasteiger partial charge in [0.05, 0.1) is 6.04 Å². The average Bonchev–Trinajstić information content (AvgIpc) is 3.42. The van der Waals surface area contributed by atoms with Crippen LogP contribution in [0.3, 0.4) is 0 Å². The molecule has 1 amide bonds. The summed E-state index contributed by atoms with van der Waals surface area (Å²) in [5, 5.41) is 7.24. The first-order chi connectivity index (χ1) is 15.9. The van der Waals surface area contributed by atoms with Gasteiger partial charge < -0.3 is 11.1 Å². The SMILES string of the molecule is Cc1ccsc1C(=CCCN(C)C(CCN)C(=O)NCc1ccc(F)cc1)c1sccc1C. The normalized spacial score (nSPS) is 12.1. The molecule has 0 aliphatic heterocycles. The maximum absolute atomic E-state index is 13.1. The lowest BCUT2D eigenvalue weighted by Gasteiger charge is -2.26. The van der Waals surface area contributed by atoms with E-state index in [4.69, 9.17) is 5.73 Å². The molecule has 2 heterocycles. The third-order valence-corrected chi connectivity index (χ3v) is 7.80. The Hall–Kier alpha value is -2.32. The number of likely N-dealkylation sites (N-methyl/N-ethyl adjacent to an activating group) is 1. The van der Waals surface area contributed by atoms with Crippen LogP contribution in [0.25, 0.3) is 5.57 Å². The first-order valence-electron chi connectivity index (χ1n) is 11.1. The number of nitrogens with one attached hydrogen (secondary N) is 1. The Morgan fingerprint density at radius 1 is 1.09 bits per heavy atom. The third kappa shape index (κ3) is 6.84. The first kappa shape index (κ1) is 25.3. The summed E-state index contributed by atoms with van der Waals surface area (Å²) in [6.07, 6.45) is 3.70. The number of nitrogens with two attached hydrogens (primary N) is 1. The van der Waals surface area contributed by atoms with Crippen molar-refractivity contribution in [2.24, 2.45) is 5.73 Å². The highest BCUT2D eigenvalue weighted by Crippen LogP contribution is 2.35. The Balaban J connectivity index is 1.66. The molecule has 0 aliphatic carbocycles. The van der Waals surface area contributed by atoms with E-state index in [0.717, 1.165) is 18.5 Å². The average molecular weight is 486 g/mol. The smallest absolute Gasteiger partial charge is 0.237 e. The van der Waals surface area contributed by atoms with Gasteiger partial charge >= 0.3 is 0 Å². The summed E-state index contributed by atoms with van der Waals surface area (Å²) >= 11 is 3.54. The fraction of sp³-hybridized carbons (Fsp3) is 0.346. The minimum Gasteiger partial charge on any atom is -0.351 e. The van der Waals surface area contributed by atoms with E-state index in [9.17, 15) is 9.18 Å². The van der Waals surface area contributed by atoms with E-state index in [1.54, 1.807) is 34.8 Å². The molecule has 176 valence electrons. The van der Waals surface area contributed by atoms with Gasteiger partial charge in [-0.25, -0.2) is 4.39 Å². The van der Waals surface area contributed by atoms with Gasteiger partial charge in [0.25, 0.3) is 0 Å². The summed E-state index contributed by atoms with van der Waals surface area (Å²) in [5.41, 5.74) is 10.5. The Labute approximate surface area is 203 Å². The highest BCUT2D eigenvalue weighted by Gasteiger charge is 2.22. The lowest BCUT2D eigenvalue weighted by Crippen LogP contribution is -2.46. The number of thiophene rings is 2. The summed E-state index contributed by atoms with van der Waals surface area (Å²) in [6, 6.07) is 10.2. The van der Waals surface area contributed by atoms with Crippen molar-refractivity contribution in [2.45, 2.75) is 39.3 Å². The number of amides is 1. The topological polar surface area (TPSA) is 58.4 Å². The number of carbonyl (C=O) groups is 1. The number of hydrogen-bond donors (Lipinski definition) is 2. The number of nitrogens with zero attached hydrogens (tertiary/aromatic N) is 1. The van der Waals surface area contributed by atoms with Crippen LogP contribution in [0.2, 0.25) is 0 Å². The molecule has 3 N–H and O–H groups in total. The molecule has 3 rings (SSSR count). The fourth-order valence-corrected chi connectivity index (χ4v) is 5.79. The van der Waals surface area contributed by atoms with Crippen molar-refractivity contribution in [1.82, 2.24) is 10.2 Å². The molecule has 3 aromatic rings. The molecule has 0 spiro atoms. The Morgan fingerprint density at radius 3 is 2.21 bits per heavy atom. The summed E-state index contributed by atoms with van der Waals surface area (Å²) in [5.74, 6) is -0.339. The fourth-order valence-electron chi connectivity index (χ4n) is 3.77. The van der Waals surface area contributed by atoms with Gasteiger partial charge in [-0.3, -0.25) is 9.69 Å². The van der Waals surface area contributed by atoms with E-state index in [1.165, 1.54) is 38.6 Å². The second kappa shape index (κ2) is 12.2. The van der Waals surface area contributed by atoms with Crippen molar-refractivity contribution in [3.63, 3.8) is 0 Å². The lowest BCUT2D eigenvalue weighted by atomic mass is 10.0. The maximum atomic E-state index is 13.1. The summed E-state index contributed by atoms with van der Waals surface area (Å²) in [7, 11) is 1.97. The Bertz CT molecular complexity index is 1030. The van der Waals surface area contributed by atoms with Crippen LogP contribution in [0, 0.1) is 19.7 Å². The summed E-state index contributed by atoms with van der Waals surface area (Å²) in [4.78, 5) is 17.6. The van der Waals surface area contributed by atoms with Crippen molar-refractivity contribution >= 4 is 34.2 Å². The van der Waals surface area contributed by atoms with Gasteiger partial charge in [0, 0.05) is 28.4 Å². The standard InChI is InChI=1S/C26H32FN3OS2/c1-18-11-15-32-24(18)22(25-19(2)12-16-33-25)5-4-14-30(3)23(10-13-28)26(31)29-17-20-6-8-21(27)9-7-20/h5-9,11-12,15-16,23H,4,10,13-14,17,28H2,1-3H3,(H,29,31). The van der Waals surface area contributed by atoms with Crippen molar-refractivity contribution in [3.8, 4) is 0 Å². The van der Waals surface area contributed by atoms with E-state index in [1.807, 2.05) is 7.05 Å². The maximum Gasteiger partial charge on any atom is 0.237 e. The van der Waals surface area contributed by atoms with Crippen LogP contribution < -0.4 is 11.1 Å². The van der Waals surface area contributed by atoms with Gasteiger partial charge in [-0.15, -0.1) is 22.7 Å². The summed E-state index contributed by atoms with van der Waals surface area (Å²) < 4.78 is 13.1. The molecule has 0 bridgehead atoms. The van der Waals surface area contributed by atoms with E-state index in [0.29, 0.717) is 19.5 Å². The number of rotatable bonds is 11. The second-order valence-electron chi connectivity index (χ2n) is 8.19. The van der Waals surface area contributed by atoms with Crippen LogP contribution in [0.5, 0.6) is 0 Å². The van der Waals surface area contributed by atoms with E-state index in [2.05, 4.69) is 53.0 Å². The molecule has 1 unspecified atom stereocenters. The van der Waals surface area contributed by atoms with Crippen molar-refractivity contribution in [3.05, 3.63) is 85.5 Å². The number of aryl methyl sites for hydroxylation is 2. The predicted molar refractivity (Wildman–Crippen MR) is 138 cm³/mol. The van der Waals surface area contributed by atoms with Gasteiger partial charge in [0.1, 0.15) is 5.82 Å². The van der Waals surface area contributed by atoms with Crippen molar-refractivity contribution < 1.29 is 9.18 Å². The highest BCUT2D eigenvalue weighted by atomic mass is 32.1. The first-order valence-corrected chi connectivity index (χ1v) is 12.9. The number of carbonyl (C=O) groups excluding carboxylic acids is 1. The highest BCUT2D eigenvalue weighted by molar-refractivity contribution is 7.14. The minimum atomic E-state index is -0.306. The lowest BCUT2D eigenvalue weighted by molar-refractivity contribution is -0.126. The zero-order chi connectivity index (χ0) is 23.8.